The van der Waals surface area contributed by atoms with Crippen molar-refractivity contribution in [3.05, 3.63) is 39.4 Å². The second-order valence-electron chi connectivity index (χ2n) is 4.67. The van der Waals surface area contributed by atoms with E-state index in [4.69, 9.17) is 28.3 Å². The van der Waals surface area contributed by atoms with Crippen LogP contribution in [0.1, 0.15) is 32.3 Å². The van der Waals surface area contributed by atoms with Gasteiger partial charge in [-0.25, -0.2) is 4.79 Å². The molecular formula is C16H23Cl2NO3. The summed E-state index contributed by atoms with van der Waals surface area (Å²) in [6.45, 7) is 3.60. The summed E-state index contributed by atoms with van der Waals surface area (Å²) in [5, 5.41) is 10.8. The van der Waals surface area contributed by atoms with Crippen LogP contribution in [0.4, 0.5) is 4.79 Å². The molecule has 1 aliphatic carbocycles. The summed E-state index contributed by atoms with van der Waals surface area (Å²) < 4.78 is 4.65. The van der Waals surface area contributed by atoms with Crippen LogP contribution in [-0.2, 0) is 4.74 Å². The third-order valence-electron chi connectivity index (χ3n) is 2.41. The molecule has 0 heterocycles. The maximum atomic E-state index is 10.3. The molecule has 0 bridgehead atoms. The van der Waals surface area contributed by atoms with E-state index in [9.17, 15) is 4.79 Å². The molecule has 0 atom stereocenters. The van der Waals surface area contributed by atoms with Gasteiger partial charge in [-0.15, -0.1) is 0 Å². The highest BCUT2D eigenvalue weighted by atomic mass is 35.5. The van der Waals surface area contributed by atoms with Gasteiger partial charge in [0.2, 0.25) is 0 Å². The molecule has 2 rings (SSSR count). The van der Waals surface area contributed by atoms with Gasteiger partial charge < -0.3 is 15.2 Å². The van der Waals surface area contributed by atoms with Crippen LogP contribution < -0.4 is 5.32 Å². The molecule has 1 fully saturated rings. The van der Waals surface area contributed by atoms with Crippen molar-refractivity contribution in [2.75, 3.05) is 14.2 Å². The van der Waals surface area contributed by atoms with Crippen LogP contribution in [0.3, 0.4) is 0 Å². The summed E-state index contributed by atoms with van der Waals surface area (Å²) in [7, 11) is 2.53. The first-order valence-electron chi connectivity index (χ1n) is 6.90. The van der Waals surface area contributed by atoms with Gasteiger partial charge >= 0.3 is 6.09 Å². The van der Waals surface area contributed by atoms with Gasteiger partial charge in [0, 0.05) is 24.2 Å². The number of benzene rings is 1. The molecule has 6 heteroatoms. The number of carbonyl (C=O) groups excluding carboxylic acids is 1. The number of halogens is 2. The summed E-state index contributed by atoms with van der Waals surface area (Å²) in [5.41, 5.74) is 2.55. The van der Waals surface area contributed by atoms with Crippen LogP contribution >= 0.6 is 23.2 Å². The van der Waals surface area contributed by atoms with E-state index >= 15 is 0 Å². The van der Waals surface area contributed by atoms with Crippen LogP contribution in [0.25, 0.3) is 6.08 Å². The fraction of sp³-hybridized carbons (Fsp3) is 0.438. The summed E-state index contributed by atoms with van der Waals surface area (Å²) in [5.74, 6) is 0. The predicted octanol–water partition coefficient (Wildman–Crippen LogP) is 4.53. The molecule has 4 nitrogen and oxygen atoms in total. The molecule has 1 aromatic carbocycles. The number of allylic oxidation sites excluding steroid dienone is 1. The van der Waals surface area contributed by atoms with E-state index in [1.54, 1.807) is 19.9 Å². The molecule has 0 aromatic heterocycles. The van der Waals surface area contributed by atoms with E-state index in [0.29, 0.717) is 5.02 Å². The second kappa shape index (κ2) is 11.4. The Bertz CT molecular complexity index is 496. The number of nitrogens with one attached hydrogen (secondary N) is 1. The largest absolute Gasteiger partial charge is 0.447 e. The molecule has 0 radical (unpaired) electrons. The third-order valence-corrected chi connectivity index (χ3v) is 2.97. The number of carbonyl (C=O) groups is 1. The van der Waals surface area contributed by atoms with Gasteiger partial charge in [-0.05, 0) is 44.4 Å². The van der Waals surface area contributed by atoms with Crippen molar-refractivity contribution in [3.8, 4) is 0 Å². The molecule has 0 unspecified atom stereocenters. The van der Waals surface area contributed by atoms with Crippen LogP contribution in [-0.4, -0.2) is 31.5 Å². The number of aliphatic hydroxyl groups excluding tert-OH is 1. The van der Waals surface area contributed by atoms with Gasteiger partial charge in [0.25, 0.3) is 0 Å². The van der Waals surface area contributed by atoms with Crippen molar-refractivity contribution in [2.45, 2.75) is 32.8 Å². The third kappa shape index (κ3) is 9.66. The molecule has 0 saturated heterocycles. The van der Waals surface area contributed by atoms with E-state index in [1.165, 1.54) is 25.5 Å². The van der Waals surface area contributed by atoms with E-state index in [2.05, 4.69) is 16.1 Å². The maximum Gasteiger partial charge on any atom is 0.407 e. The molecule has 1 saturated carbocycles. The first kappa shape index (κ1) is 20.8. The number of ether oxygens (including phenoxy) is 1. The van der Waals surface area contributed by atoms with Gasteiger partial charge in [0.05, 0.1) is 6.10 Å². The predicted molar refractivity (Wildman–Crippen MR) is 92.5 cm³/mol. The lowest BCUT2D eigenvalue weighted by molar-refractivity contribution is 0.117. The fourth-order valence-corrected chi connectivity index (χ4v) is 1.79. The normalized spacial score (nSPS) is 11.5. The van der Waals surface area contributed by atoms with Crippen molar-refractivity contribution < 1.29 is 14.6 Å². The van der Waals surface area contributed by atoms with Gasteiger partial charge in [0.1, 0.15) is 0 Å². The average Bonchev–Trinajstić information content (AvgIpc) is 3.28. The molecule has 0 spiro atoms. The second-order valence-corrected chi connectivity index (χ2v) is 5.52. The number of hydrogen-bond donors (Lipinski definition) is 2. The van der Waals surface area contributed by atoms with Crippen LogP contribution in [0, 0.1) is 0 Å². The highest BCUT2D eigenvalue weighted by molar-refractivity contribution is 6.35. The molecule has 1 aliphatic rings. The van der Waals surface area contributed by atoms with Crippen LogP contribution in [0.5, 0.6) is 0 Å². The Labute approximate surface area is 142 Å². The lowest BCUT2D eigenvalue weighted by Crippen LogP contribution is -2.22. The Kier molecular flexibility index (Phi) is 10.7. The molecule has 22 heavy (non-hydrogen) atoms. The van der Waals surface area contributed by atoms with Crippen molar-refractivity contribution in [1.29, 1.82) is 0 Å². The van der Waals surface area contributed by atoms with Gasteiger partial charge in [-0.2, -0.15) is 0 Å². The SMILES string of the molecule is CNC(=O)OC(C)C.CO.Clc1ccc(C=C2CC2)c(Cl)c1. The zero-order valence-corrected chi connectivity index (χ0v) is 14.8. The van der Waals surface area contributed by atoms with E-state index in [1.807, 2.05) is 12.1 Å². The number of hydrogen-bond acceptors (Lipinski definition) is 3. The number of aliphatic hydroxyl groups is 1. The summed E-state index contributed by atoms with van der Waals surface area (Å²) in [6, 6.07) is 5.59. The average molecular weight is 348 g/mol. The highest BCUT2D eigenvalue weighted by Crippen LogP contribution is 2.32. The molecular weight excluding hydrogens is 325 g/mol. The maximum absolute atomic E-state index is 10.3. The Balaban J connectivity index is 0.000000388. The molecule has 2 N–H and O–H groups in total. The Morgan fingerprint density at radius 2 is 1.91 bits per heavy atom. The number of rotatable bonds is 2. The van der Waals surface area contributed by atoms with Gasteiger partial charge in [-0.3, -0.25) is 0 Å². The monoisotopic (exact) mass is 347 g/mol. The minimum Gasteiger partial charge on any atom is -0.447 e. The lowest BCUT2D eigenvalue weighted by Gasteiger charge is -2.04. The van der Waals surface area contributed by atoms with Crippen molar-refractivity contribution in [3.63, 3.8) is 0 Å². The first-order valence-corrected chi connectivity index (χ1v) is 7.65. The number of alkyl carbamates (subject to hydrolysis) is 1. The minimum atomic E-state index is -0.375. The first-order chi connectivity index (χ1) is 10.4. The van der Waals surface area contributed by atoms with Crippen molar-refractivity contribution in [1.82, 2.24) is 5.32 Å². The molecule has 0 aliphatic heterocycles. The van der Waals surface area contributed by atoms with Gasteiger partial charge in [-0.1, -0.05) is 40.9 Å². The zero-order valence-electron chi connectivity index (χ0n) is 13.3. The van der Waals surface area contributed by atoms with Crippen molar-refractivity contribution >= 4 is 35.4 Å². The lowest BCUT2D eigenvalue weighted by atomic mass is 10.2. The highest BCUT2D eigenvalue weighted by Gasteiger charge is 2.11. The summed E-state index contributed by atoms with van der Waals surface area (Å²) >= 11 is 11.7. The number of amides is 1. The van der Waals surface area contributed by atoms with E-state index in [-0.39, 0.29) is 12.2 Å². The Morgan fingerprint density at radius 1 is 1.32 bits per heavy atom. The van der Waals surface area contributed by atoms with E-state index in [0.717, 1.165) is 17.7 Å². The Morgan fingerprint density at radius 3 is 2.27 bits per heavy atom. The quantitative estimate of drug-likeness (QED) is 0.826. The molecule has 1 amide bonds. The fourth-order valence-electron chi connectivity index (χ4n) is 1.33. The van der Waals surface area contributed by atoms with E-state index < -0.39 is 0 Å². The minimum absolute atomic E-state index is 0.0325. The van der Waals surface area contributed by atoms with Crippen molar-refractivity contribution in [2.24, 2.45) is 0 Å². The van der Waals surface area contributed by atoms with Crippen LogP contribution in [0.15, 0.2) is 23.8 Å². The molecule has 124 valence electrons. The van der Waals surface area contributed by atoms with Crippen LogP contribution in [0.2, 0.25) is 10.0 Å². The topological polar surface area (TPSA) is 58.6 Å². The smallest absolute Gasteiger partial charge is 0.407 e. The zero-order chi connectivity index (χ0) is 17.1. The summed E-state index contributed by atoms with van der Waals surface area (Å²) in [6.07, 6.45) is 4.17. The standard InChI is InChI=1S/C10H8Cl2.C5H11NO2.CH4O/c11-9-4-3-8(10(12)6-9)5-7-1-2-7;1-4(2)8-5(7)6-3;1-2/h3-6H,1-2H2;4H,1-3H3,(H,6,7);2H,1H3. The van der Waals surface area contributed by atoms with Gasteiger partial charge in [0.15, 0.2) is 0 Å². The summed E-state index contributed by atoms with van der Waals surface area (Å²) in [4.78, 5) is 10.3. The molecule has 1 aromatic rings. The Hall–Kier alpha value is -1.23.